The van der Waals surface area contributed by atoms with Crippen LogP contribution in [0.4, 0.5) is 5.82 Å². The maximum Gasteiger partial charge on any atom is 0.256 e. The average Bonchev–Trinajstić information content (AvgIpc) is 3.66. The molecule has 0 aliphatic carbocycles. The van der Waals surface area contributed by atoms with Crippen molar-refractivity contribution in [3.63, 3.8) is 0 Å². The lowest BCUT2D eigenvalue weighted by molar-refractivity contribution is 0.00275. The molecule has 3 unspecified atom stereocenters. The molecule has 1 amide bonds. The number of rotatable bonds is 14. The smallest absolute Gasteiger partial charge is 0.256 e. The summed E-state index contributed by atoms with van der Waals surface area (Å²) in [5.41, 5.74) is 1.50. The normalized spacial score (nSPS) is 19.3. The predicted molar refractivity (Wildman–Crippen MR) is 174 cm³/mol. The number of amides is 1. The first-order valence-electron chi connectivity index (χ1n) is 15.1. The van der Waals surface area contributed by atoms with Crippen molar-refractivity contribution < 1.29 is 18.8 Å². The number of carbonyl (C=O) groups is 1. The summed E-state index contributed by atoms with van der Waals surface area (Å²) < 4.78 is 22.9. The van der Waals surface area contributed by atoms with Gasteiger partial charge in [0.05, 0.1) is 31.0 Å². The van der Waals surface area contributed by atoms with Gasteiger partial charge in [-0.1, -0.05) is 12.8 Å². The largest absolute Gasteiger partial charge is 0.481 e. The second-order valence-corrected chi connectivity index (χ2v) is 13.2. The summed E-state index contributed by atoms with van der Waals surface area (Å²) in [7, 11) is -1.15. The van der Waals surface area contributed by atoms with E-state index in [2.05, 4.69) is 77.5 Å². The Balaban J connectivity index is 1.57. The molecule has 3 heterocycles. The van der Waals surface area contributed by atoms with Gasteiger partial charge in [-0.15, -0.1) is 18.8 Å². The number of hydrogen-bond acceptors (Lipinski definition) is 9. The minimum atomic E-state index is -1.15. The molecule has 1 N–H and O–H groups in total. The number of fused-ring (bicyclic) bond motifs is 1. The Bertz CT molecular complexity index is 1560. The fraction of sp³-hybridized carbons (Fsp3) is 0.485. The number of ether oxygens (including phenoxy) is 2. The molecule has 236 valence electrons. The van der Waals surface area contributed by atoms with Gasteiger partial charge in [0.25, 0.3) is 5.91 Å². The van der Waals surface area contributed by atoms with Crippen LogP contribution in [0.1, 0.15) is 70.5 Å². The highest BCUT2D eigenvalue weighted by Crippen LogP contribution is 2.57. The molecule has 1 fully saturated rings. The molecule has 1 aromatic carbocycles. The Hall–Kier alpha value is -4.04. The number of imidazole rings is 1. The van der Waals surface area contributed by atoms with Crippen LogP contribution in [0.15, 0.2) is 36.9 Å². The first kappa shape index (κ1) is 33.8. The highest BCUT2D eigenvalue weighted by molar-refractivity contribution is 7.51. The third kappa shape index (κ3) is 7.98. The molecule has 11 nitrogen and oxygen atoms in total. The van der Waals surface area contributed by atoms with E-state index in [4.69, 9.17) is 26.8 Å². The Morgan fingerprint density at radius 1 is 1.18 bits per heavy atom. The molecule has 1 saturated heterocycles. The maximum atomic E-state index is 13.0. The minimum Gasteiger partial charge on any atom is -0.481 e. The van der Waals surface area contributed by atoms with E-state index in [1.807, 2.05) is 4.57 Å². The molecule has 4 rings (SSSR count). The number of nitriles is 1. The number of terminal acetylenes is 2. The summed E-state index contributed by atoms with van der Waals surface area (Å²) in [5, 5.41) is 12.5. The number of carbonyl (C=O) groups excluding carboxylic acids is 1. The second kappa shape index (κ2) is 15.8. The van der Waals surface area contributed by atoms with Gasteiger partial charge in [0, 0.05) is 36.1 Å². The molecule has 0 spiro atoms. The van der Waals surface area contributed by atoms with Crippen molar-refractivity contribution in [2.75, 3.05) is 18.5 Å². The number of nitrogens with zero attached hydrogens (tertiary/aromatic N) is 6. The Labute approximate surface area is 266 Å². The molecule has 45 heavy (non-hydrogen) atoms. The standard InChI is InChI=1S/C33H40N7O4P/c1-8-11-24(18-34)19-43-45(40(22(4)5)23(6)7)28-17-29(44-27(28)10-3)39-21-37-30-31(35-20-36-32(30)39)38-33(41)25-12-14-26(15-13-25)42-16-9-2/h1-2,12-15,20-24,27-29H,10-11,16-17,19H2,3-7H3,(H,35,36,38,41)/t24?,27-,28?,29-,45?/m1/s1. The second-order valence-electron chi connectivity index (χ2n) is 11.3. The SMILES string of the molecule is C#CCOc1ccc(C(=O)Nc2ncnc3c2ncn3[C@H]2CC(P(OCC(C#N)CC#C)N(C(C)C)C(C)C)[C@@H](CC)O2)cc1. The van der Waals surface area contributed by atoms with Crippen molar-refractivity contribution in [1.29, 1.82) is 5.26 Å². The van der Waals surface area contributed by atoms with Gasteiger partial charge in [-0.2, -0.15) is 5.26 Å². The van der Waals surface area contributed by atoms with Gasteiger partial charge < -0.3 is 19.3 Å². The fourth-order valence-electron chi connectivity index (χ4n) is 5.48. The van der Waals surface area contributed by atoms with Crippen LogP contribution in [0.25, 0.3) is 11.2 Å². The van der Waals surface area contributed by atoms with E-state index >= 15 is 0 Å². The van der Waals surface area contributed by atoms with Crippen molar-refractivity contribution in [2.45, 2.75) is 84.0 Å². The van der Waals surface area contributed by atoms with Crippen LogP contribution < -0.4 is 10.1 Å². The van der Waals surface area contributed by atoms with Gasteiger partial charge in [-0.3, -0.25) is 14.0 Å². The van der Waals surface area contributed by atoms with Gasteiger partial charge >= 0.3 is 0 Å². The predicted octanol–water partition coefficient (Wildman–Crippen LogP) is 5.77. The quantitative estimate of drug-likeness (QED) is 0.175. The zero-order chi connectivity index (χ0) is 32.5. The van der Waals surface area contributed by atoms with Crippen LogP contribution >= 0.6 is 8.30 Å². The van der Waals surface area contributed by atoms with Crippen molar-refractivity contribution in [2.24, 2.45) is 5.92 Å². The number of benzene rings is 1. The summed E-state index contributed by atoms with van der Waals surface area (Å²) >= 11 is 0. The molecule has 1 aliphatic rings. The molecule has 0 saturated carbocycles. The monoisotopic (exact) mass is 629 g/mol. The molecular weight excluding hydrogens is 589 g/mol. The van der Waals surface area contributed by atoms with E-state index in [0.29, 0.717) is 41.1 Å². The first-order chi connectivity index (χ1) is 21.7. The van der Waals surface area contributed by atoms with Gasteiger partial charge in [-0.05, 0) is 58.4 Å². The molecule has 0 radical (unpaired) electrons. The molecule has 12 heteroatoms. The summed E-state index contributed by atoms with van der Waals surface area (Å²) in [5.74, 6) is 5.15. The number of hydrogen-bond donors (Lipinski definition) is 1. The Morgan fingerprint density at radius 3 is 2.53 bits per heavy atom. The molecule has 5 atom stereocenters. The van der Waals surface area contributed by atoms with Crippen molar-refractivity contribution >= 4 is 31.2 Å². The summed E-state index contributed by atoms with van der Waals surface area (Å²) in [6.07, 6.45) is 15.2. The maximum absolute atomic E-state index is 13.0. The zero-order valence-electron chi connectivity index (χ0n) is 26.4. The van der Waals surface area contributed by atoms with Crippen LogP contribution in [0, 0.1) is 41.9 Å². The third-order valence-electron chi connectivity index (χ3n) is 7.47. The van der Waals surface area contributed by atoms with E-state index in [0.717, 1.165) is 6.42 Å². The lowest BCUT2D eigenvalue weighted by Crippen LogP contribution is -2.38. The van der Waals surface area contributed by atoms with Gasteiger partial charge in [0.1, 0.15) is 33.2 Å². The average molecular weight is 630 g/mol. The van der Waals surface area contributed by atoms with Gasteiger partial charge in [0.2, 0.25) is 0 Å². The lowest BCUT2D eigenvalue weighted by Gasteiger charge is -2.41. The van der Waals surface area contributed by atoms with E-state index in [1.165, 1.54) is 6.33 Å². The Morgan fingerprint density at radius 2 is 1.91 bits per heavy atom. The number of aromatic nitrogens is 4. The van der Waals surface area contributed by atoms with Crippen molar-refractivity contribution in [3.8, 4) is 36.5 Å². The van der Waals surface area contributed by atoms with Crippen molar-refractivity contribution in [3.05, 3.63) is 42.5 Å². The summed E-state index contributed by atoms with van der Waals surface area (Å²) in [6, 6.07) is 9.40. The zero-order valence-corrected chi connectivity index (χ0v) is 27.3. The molecular formula is C33H40N7O4P. The minimum absolute atomic E-state index is 0.0658. The lowest BCUT2D eigenvalue weighted by atomic mass is 10.1. The summed E-state index contributed by atoms with van der Waals surface area (Å²) in [6.45, 7) is 11.2. The van der Waals surface area contributed by atoms with Crippen LogP contribution in [0.3, 0.4) is 0 Å². The van der Waals surface area contributed by atoms with E-state index in [-0.39, 0.29) is 55.1 Å². The van der Waals surface area contributed by atoms with Gasteiger partial charge in [-0.25, -0.2) is 15.0 Å². The van der Waals surface area contributed by atoms with Crippen LogP contribution in [-0.2, 0) is 9.26 Å². The fourth-order valence-corrected chi connectivity index (χ4v) is 8.32. The van der Waals surface area contributed by atoms with E-state index in [1.54, 1.807) is 30.6 Å². The number of nitrogens with one attached hydrogen (secondary N) is 1. The highest BCUT2D eigenvalue weighted by atomic mass is 31.2. The van der Waals surface area contributed by atoms with E-state index in [9.17, 15) is 10.1 Å². The molecule has 3 aromatic rings. The summed E-state index contributed by atoms with van der Waals surface area (Å²) in [4.78, 5) is 26.4. The first-order valence-corrected chi connectivity index (χ1v) is 16.3. The molecule has 2 aromatic heterocycles. The number of anilines is 1. The highest BCUT2D eigenvalue weighted by Gasteiger charge is 2.45. The van der Waals surface area contributed by atoms with Crippen LogP contribution in [0.5, 0.6) is 5.75 Å². The van der Waals surface area contributed by atoms with Crippen LogP contribution in [-0.4, -0.2) is 67.2 Å². The van der Waals surface area contributed by atoms with E-state index < -0.39 is 8.30 Å². The topological polar surface area (TPSA) is 127 Å². The third-order valence-corrected chi connectivity index (χ3v) is 10.4. The molecule has 1 aliphatic heterocycles. The molecule has 0 bridgehead atoms. The van der Waals surface area contributed by atoms with Crippen molar-refractivity contribution in [1.82, 2.24) is 24.2 Å². The Kier molecular flexibility index (Phi) is 11.9. The van der Waals surface area contributed by atoms with Crippen LogP contribution in [0.2, 0.25) is 0 Å². The van der Waals surface area contributed by atoms with Gasteiger partial charge in [0.15, 0.2) is 17.0 Å².